The number of ether oxygens (including phenoxy) is 1. The predicted octanol–water partition coefficient (Wildman–Crippen LogP) is 6.26. The first-order valence-corrected chi connectivity index (χ1v) is 12.6. The summed E-state index contributed by atoms with van der Waals surface area (Å²) in [4.78, 5) is 26.9. The van der Waals surface area contributed by atoms with E-state index in [1.54, 1.807) is 11.0 Å². The second-order valence-electron chi connectivity index (χ2n) is 10.0. The minimum Gasteiger partial charge on any atom is -0.478 e. The third kappa shape index (κ3) is 7.45. The normalized spacial score (nSPS) is 12.1. The van der Waals surface area contributed by atoms with Crippen molar-refractivity contribution >= 4 is 11.9 Å². The van der Waals surface area contributed by atoms with Gasteiger partial charge in [-0.15, -0.1) is 0 Å². The molecule has 0 aliphatic carbocycles. The quantitative estimate of drug-likeness (QED) is 0.328. The van der Waals surface area contributed by atoms with Gasteiger partial charge in [0.05, 0.1) is 6.42 Å². The largest absolute Gasteiger partial charge is 0.478 e. The Kier molecular flexibility index (Phi) is 9.29. The summed E-state index contributed by atoms with van der Waals surface area (Å²) in [5.74, 6) is -0.525. The fourth-order valence-corrected chi connectivity index (χ4v) is 4.46. The van der Waals surface area contributed by atoms with Crippen LogP contribution in [0.15, 0.2) is 78.9 Å². The molecule has 0 aliphatic rings. The first-order chi connectivity index (χ1) is 17.2. The van der Waals surface area contributed by atoms with Gasteiger partial charge in [-0.05, 0) is 47.2 Å². The standard InChI is InChI=1S/C31H37NO4/c1-5-17-31(2,3)29(30(34)35)36-27-20-24(19-26(22-27)25-14-10-7-11-15-25)21-28(33)32(4)18-16-23-12-8-6-9-13-23/h6-15,19-20,22,29H,5,16-18,21H2,1-4H3,(H,34,35). The molecule has 0 radical (unpaired) electrons. The van der Waals surface area contributed by atoms with E-state index in [1.807, 2.05) is 88.5 Å². The molecule has 3 aromatic rings. The van der Waals surface area contributed by atoms with Gasteiger partial charge >= 0.3 is 5.97 Å². The molecule has 0 heterocycles. The molecule has 1 unspecified atom stereocenters. The molecule has 190 valence electrons. The fraction of sp³-hybridized carbons (Fsp3) is 0.355. The topological polar surface area (TPSA) is 66.8 Å². The first kappa shape index (κ1) is 27.0. The third-order valence-electron chi connectivity index (χ3n) is 6.52. The van der Waals surface area contributed by atoms with Crippen molar-refractivity contribution in [2.75, 3.05) is 13.6 Å². The zero-order valence-corrected chi connectivity index (χ0v) is 21.7. The number of carboxylic acids is 1. The second-order valence-corrected chi connectivity index (χ2v) is 10.0. The number of likely N-dealkylation sites (N-methyl/N-ethyl adjacent to an activating group) is 1. The Labute approximate surface area is 214 Å². The van der Waals surface area contributed by atoms with Gasteiger partial charge in [-0.1, -0.05) is 93.9 Å². The number of carbonyl (C=O) groups is 2. The lowest BCUT2D eigenvalue weighted by Gasteiger charge is -2.31. The highest BCUT2D eigenvalue weighted by Crippen LogP contribution is 2.33. The van der Waals surface area contributed by atoms with Crippen molar-refractivity contribution in [3.05, 3.63) is 90.0 Å². The fourth-order valence-electron chi connectivity index (χ4n) is 4.46. The SMILES string of the molecule is CCCC(C)(C)C(Oc1cc(CC(=O)N(C)CCc2ccccc2)cc(-c2ccccc2)c1)C(=O)O. The van der Waals surface area contributed by atoms with Crippen LogP contribution in [0.25, 0.3) is 11.1 Å². The number of carboxylic acid groups (broad SMARTS) is 1. The van der Waals surface area contributed by atoms with Crippen LogP contribution in [0.5, 0.6) is 5.75 Å². The van der Waals surface area contributed by atoms with Crippen molar-refractivity contribution in [2.45, 2.75) is 52.6 Å². The van der Waals surface area contributed by atoms with E-state index in [-0.39, 0.29) is 12.3 Å². The molecule has 5 nitrogen and oxygen atoms in total. The van der Waals surface area contributed by atoms with Crippen LogP contribution in [0.2, 0.25) is 0 Å². The number of aliphatic carboxylic acids is 1. The molecule has 3 rings (SSSR count). The Morgan fingerprint density at radius 3 is 2.17 bits per heavy atom. The van der Waals surface area contributed by atoms with Gasteiger partial charge in [-0.2, -0.15) is 0 Å². The molecule has 1 atom stereocenters. The lowest BCUT2D eigenvalue weighted by Crippen LogP contribution is -2.41. The molecule has 0 saturated carbocycles. The van der Waals surface area contributed by atoms with E-state index in [0.29, 0.717) is 12.3 Å². The van der Waals surface area contributed by atoms with E-state index in [0.717, 1.165) is 36.0 Å². The maximum absolute atomic E-state index is 13.1. The number of hydrogen-bond acceptors (Lipinski definition) is 3. The molecule has 3 aromatic carbocycles. The highest BCUT2D eigenvalue weighted by Gasteiger charge is 2.36. The highest BCUT2D eigenvalue weighted by molar-refractivity contribution is 5.80. The number of nitrogens with zero attached hydrogens (tertiary/aromatic N) is 1. The molecule has 1 amide bonds. The van der Waals surface area contributed by atoms with Crippen molar-refractivity contribution < 1.29 is 19.4 Å². The van der Waals surface area contributed by atoms with E-state index in [4.69, 9.17) is 4.74 Å². The maximum Gasteiger partial charge on any atom is 0.345 e. The average Bonchev–Trinajstić information content (AvgIpc) is 2.86. The molecule has 36 heavy (non-hydrogen) atoms. The Bertz CT molecular complexity index is 1140. The number of hydrogen-bond donors (Lipinski definition) is 1. The van der Waals surface area contributed by atoms with Crippen LogP contribution in [0.1, 0.15) is 44.7 Å². The van der Waals surface area contributed by atoms with Crippen LogP contribution in [-0.4, -0.2) is 41.6 Å². The lowest BCUT2D eigenvalue weighted by molar-refractivity contribution is -0.151. The highest BCUT2D eigenvalue weighted by atomic mass is 16.5. The van der Waals surface area contributed by atoms with Gasteiger partial charge in [0.1, 0.15) is 5.75 Å². The van der Waals surface area contributed by atoms with Gasteiger partial charge in [0.2, 0.25) is 12.0 Å². The molecule has 1 N–H and O–H groups in total. The van der Waals surface area contributed by atoms with Crippen LogP contribution in [0.4, 0.5) is 0 Å². The zero-order chi connectivity index (χ0) is 26.1. The summed E-state index contributed by atoms with van der Waals surface area (Å²) >= 11 is 0. The van der Waals surface area contributed by atoms with Crippen LogP contribution in [0, 0.1) is 5.41 Å². The van der Waals surface area contributed by atoms with E-state index in [1.165, 1.54) is 5.56 Å². The van der Waals surface area contributed by atoms with Gasteiger partial charge < -0.3 is 14.7 Å². The van der Waals surface area contributed by atoms with E-state index >= 15 is 0 Å². The predicted molar refractivity (Wildman–Crippen MR) is 144 cm³/mol. The van der Waals surface area contributed by atoms with E-state index in [9.17, 15) is 14.7 Å². The zero-order valence-electron chi connectivity index (χ0n) is 21.7. The van der Waals surface area contributed by atoms with Gasteiger partial charge in [-0.25, -0.2) is 4.79 Å². The van der Waals surface area contributed by atoms with Crippen molar-refractivity contribution in [3.63, 3.8) is 0 Å². The Hall–Kier alpha value is -3.60. The van der Waals surface area contributed by atoms with E-state index < -0.39 is 17.5 Å². The number of rotatable bonds is 12. The minimum atomic E-state index is -0.999. The molecular formula is C31H37NO4. The number of carbonyl (C=O) groups excluding carboxylic acids is 1. The summed E-state index contributed by atoms with van der Waals surface area (Å²) < 4.78 is 6.12. The summed E-state index contributed by atoms with van der Waals surface area (Å²) in [5, 5.41) is 9.94. The summed E-state index contributed by atoms with van der Waals surface area (Å²) in [6.07, 6.45) is 1.58. The molecule has 0 spiro atoms. The van der Waals surface area contributed by atoms with Gasteiger partial charge in [0.25, 0.3) is 0 Å². The first-order valence-electron chi connectivity index (χ1n) is 12.6. The molecule has 0 aliphatic heterocycles. The van der Waals surface area contributed by atoms with Crippen LogP contribution in [-0.2, 0) is 22.4 Å². The summed E-state index contributed by atoms with van der Waals surface area (Å²) in [7, 11) is 1.82. The summed E-state index contributed by atoms with van der Waals surface area (Å²) in [6.45, 7) is 6.50. The van der Waals surface area contributed by atoms with Crippen LogP contribution in [0.3, 0.4) is 0 Å². The number of amides is 1. The Morgan fingerprint density at radius 2 is 1.56 bits per heavy atom. The van der Waals surface area contributed by atoms with Gasteiger partial charge in [-0.3, -0.25) is 4.79 Å². The molecule has 0 fully saturated rings. The molecule has 5 heteroatoms. The third-order valence-corrected chi connectivity index (χ3v) is 6.52. The van der Waals surface area contributed by atoms with Crippen LogP contribution >= 0.6 is 0 Å². The van der Waals surface area contributed by atoms with Crippen molar-refractivity contribution in [1.29, 1.82) is 0 Å². The summed E-state index contributed by atoms with van der Waals surface area (Å²) in [5.41, 5.74) is 3.31. The second kappa shape index (κ2) is 12.4. The van der Waals surface area contributed by atoms with Gasteiger partial charge in [0.15, 0.2) is 0 Å². The lowest BCUT2D eigenvalue weighted by atomic mass is 9.82. The molecule has 0 aromatic heterocycles. The number of benzene rings is 3. The molecular weight excluding hydrogens is 450 g/mol. The minimum absolute atomic E-state index is 0.00295. The van der Waals surface area contributed by atoms with Crippen LogP contribution < -0.4 is 4.74 Å². The van der Waals surface area contributed by atoms with E-state index in [2.05, 4.69) is 12.1 Å². The Balaban J connectivity index is 1.85. The maximum atomic E-state index is 13.1. The Morgan fingerprint density at radius 1 is 0.917 bits per heavy atom. The smallest absolute Gasteiger partial charge is 0.345 e. The van der Waals surface area contributed by atoms with Crippen molar-refractivity contribution in [3.8, 4) is 16.9 Å². The average molecular weight is 488 g/mol. The van der Waals surface area contributed by atoms with Gasteiger partial charge in [0, 0.05) is 19.0 Å². The summed E-state index contributed by atoms with van der Waals surface area (Å²) in [6, 6.07) is 25.6. The monoisotopic (exact) mass is 487 g/mol. The van der Waals surface area contributed by atoms with Crippen molar-refractivity contribution in [2.24, 2.45) is 5.41 Å². The van der Waals surface area contributed by atoms with Crippen molar-refractivity contribution in [1.82, 2.24) is 4.90 Å². The molecule has 0 bridgehead atoms. The molecule has 0 saturated heterocycles.